The number of hydrogen-bond acceptors (Lipinski definition) is 6. The molecule has 1 aromatic carbocycles. The molecule has 0 spiro atoms. The molecule has 2 N–H and O–H groups in total. The Kier molecular flexibility index (Phi) is 3.06. The summed E-state index contributed by atoms with van der Waals surface area (Å²) in [4.78, 5) is 0.755. The second-order valence-electron chi connectivity index (χ2n) is 4.96. The highest BCUT2D eigenvalue weighted by molar-refractivity contribution is 7.19. The zero-order valence-electron chi connectivity index (χ0n) is 11.0. The highest BCUT2D eigenvalue weighted by Gasteiger charge is 2.25. The average Bonchev–Trinajstić information content (AvgIpc) is 3.15. The molecule has 2 aromatic heterocycles. The van der Waals surface area contributed by atoms with Crippen LogP contribution in [0.15, 0.2) is 18.2 Å². The maximum absolute atomic E-state index is 6.24. The number of aromatic nitrogens is 4. The zero-order chi connectivity index (χ0) is 14.4. The zero-order valence-corrected chi connectivity index (χ0v) is 12.6. The van der Waals surface area contributed by atoms with E-state index in [1.165, 1.54) is 11.3 Å². The van der Waals surface area contributed by atoms with Crippen LogP contribution < -0.4 is 5.73 Å². The molecule has 0 radical (unpaired) electrons. The standard InChI is InChI=1S/C13H12ClN5OS/c14-10-2-1-8(15)5-9(10)12-18-19-11(7-3-4-20-6-7)16-17-13(19)21-12/h1-2,5,7H,3-4,6,15H2. The molecule has 21 heavy (non-hydrogen) atoms. The Morgan fingerprint density at radius 3 is 3.10 bits per heavy atom. The molecule has 1 aliphatic rings. The van der Waals surface area contributed by atoms with Gasteiger partial charge >= 0.3 is 0 Å². The minimum Gasteiger partial charge on any atom is -0.399 e. The third kappa shape index (κ3) is 2.17. The van der Waals surface area contributed by atoms with Crippen molar-refractivity contribution in [3.8, 4) is 10.6 Å². The monoisotopic (exact) mass is 321 g/mol. The van der Waals surface area contributed by atoms with E-state index in [9.17, 15) is 0 Å². The smallest absolute Gasteiger partial charge is 0.234 e. The van der Waals surface area contributed by atoms with E-state index in [-0.39, 0.29) is 5.92 Å². The molecular formula is C13H12ClN5OS. The van der Waals surface area contributed by atoms with Gasteiger partial charge in [-0.05, 0) is 24.6 Å². The fourth-order valence-corrected chi connectivity index (χ4v) is 3.58. The van der Waals surface area contributed by atoms with Crippen LogP contribution in [0.25, 0.3) is 15.5 Å². The highest BCUT2D eigenvalue weighted by Crippen LogP contribution is 2.34. The van der Waals surface area contributed by atoms with Crippen molar-refractivity contribution in [3.05, 3.63) is 29.0 Å². The first-order valence-electron chi connectivity index (χ1n) is 6.57. The number of anilines is 1. The number of rotatable bonds is 2. The SMILES string of the molecule is Nc1ccc(Cl)c(-c2nn3c(C4CCOC4)nnc3s2)c1. The van der Waals surface area contributed by atoms with Crippen LogP contribution in [-0.2, 0) is 4.74 Å². The lowest BCUT2D eigenvalue weighted by Gasteiger charge is -2.03. The summed E-state index contributed by atoms with van der Waals surface area (Å²) >= 11 is 7.69. The number of fused-ring (bicyclic) bond motifs is 1. The van der Waals surface area contributed by atoms with E-state index in [1.807, 2.05) is 6.07 Å². The maximum Gasteiger partial charge on any atom is 0.234 e. The number of nitrogen functional groups attached to an aromatic ring is 1. The third-order valence-corrected chi connectivity index (χ3v) is 4.79. The topological polar surface area (TPSA) is 78.3 Å². The Bertz CT molecular complexity index is 808. The second-order valence-corrected chi connectivity index (χ2v) is 6.32. The molecule has 1 unspecified atom stereocenters. The van der Waals surface area contributed by atoms with Gasteiger partial charge in [0.15, 0.2) is 5.82 Å². The number of nitrogens with two attached hydrogens (primary N) is 1. The first kappa shape index (κ1) is 13.0. The normalized spacial score (nSPS) is 18.6. The van der Waals surface area contributed by atoms with Crippen LogP contribution in [0.3, 0.4) is 0 Å². The molecule has 0 bridgehead atoms. The highest BCUT2D eigenvalue weighted by atomic mass is 35.5. The number of hydrogen-bond donors (Lipinski definition) is 1. The van der Waals surface area contributed by atoms with Crippen molar-refractivity contribution in [1.82, 2.24) is 19.8 Å². The molecule has 1 aliphatic heterocycles. The van der Waals surface area contributed by atoms with Crippen LogP contribution in [-0.4, -0.2) is 33.0 Å². The van der Waals surface area contributed by atoms with Gasteiger partial charge in [-0.25, -0.2) is 0 Å². The fourth-order valence-electron chi connectivity index (χ4n) is 2.44. The largest absolute Gasteiger partial charge is 0.399 e. The molecule has 3 aromatic rings. The molecule has 1 saturated heterocycles. The van der Waals surface area contributed by atoms with Crippen LogP contribution in [0.1, 0.15) is 18.2 Å². The van der Waals surface area contributed by atoms with Crippen molar-refractivity contribution in [2.45, 2.75) is 12.3 Å². The summed E-state index contributed by atoms with van der Waals surface area (Å²) in [5, 5.41) is 14.5. The Hall–Kier alpha value is -1.70. The van der Waals surface area contributed by atoms with Gasteiger partial charge in [-0.1, -0.05) is 22.9 Å². The van der Waals surface area contributed by atoms with Gasteiger partial charge in [0.1, 0.15) is 5.01 Å². The third-order valence-electron chi connectivity index (χ3n) is 3.53. The summed E-state index contributed by atoms with van der Waals surface area (Å²) in [6.45, 7) is 1.43. The molecule has 8 heteroatoms. The first-order valence-corrected chi connectivity index (χ1v) is 7.77. The van der Waals surface area contributed by atoms with E-state index >= 15 is 0 Å². The number of ether oxygens (including phenoxy) is 1. The minimum absolute atomic E-state index is 0.256. The van der Waals surface area contributed by atoms with E-state index in [2.05, 4.69) is 15.3 Å². The number of benzene rings is 1. The van der Waals surface area contributed by atoms with Crippen LogP contribution in [0.5, 0.6) is 0 Å². The van der Waals surface area contributed by atoms with Crippen molar-refractivity contribution in [2.75, 3.05) is 18.9 Å². The summed E-state index contributed by atoms with van der Waals surface area (Å²) in [6, 6.07) is 5.38. The molecule has 0 saturated carbocycles. The van der Waals surface area contributed by atoms with Gasteiger partial charge in [0.05, 0.1) is 11.6 Å². The van der Waals surface area contributed by atoms with Gasteiger partial charge in [0.25, 0.3) is 0 Å². The Balaban J connectivity index is 1.82. The quantitative estimate of drug-likeness (QED) is 0.734. The van der Waals surface area contributed by atoms with Crippen LogP contribution in [0.4, 0.5) is 5.69 Å². The fraction of sp³-hybridized carbons (Fsp3) is 0.308. The average molecular weight is 322 g/mol. The van der Waals surface area contributed by atoms with Crippen molar-refractivity contribution in [3.63, 3.8) is 0 Å². The van der Waals surface area contributed by atoms with Gasteiger partial charge in [0, 0.05) is 23.8 Å². The van der Waals surface area contributed by atoms with Crippen LogP contribution >= 0.6 is 22.9 Å². The van der Waals surface area contributed by atoms with Gasteiger partial charge in [-0.3, -0.25) is 0 Å². The number of nitrogens with zero attached hydrogens (tertiary/aromatic N) is 4. The summed E-state index contributed by atoms with van der Waals surface area (Å²) in [5.74, 6) is 1.11. The molecule has 1 atom stereocenters. The van der Waals surface area contributed by atoms with Gasteiger partial charge in [0.2, 0.25) is 4.96 Å². The summed E-state index contributed by atoms with van der Waals surface area (Å²) in [6.07, 6.45) is 0.951. The van der Waals surface area contributed by atoms with Crippen molar-refractivity contribution < 1.29 is 4.74 Å². The Morgan fingerprint density at radius 1 is 1.38 bits per heavy atom. The minimum atomic E-state index is 0.256. The van der Waals surface area contributed by atoms with E-state index in [0.29, 0.717) is 17.3 Å². The molecule has 108 valence electrons. The van der Waals surface area contributed by atoms with Gasteiger partial charge < -0.3 is 10.5 Å². The summed E-state index contributed by atoms with van der Waals surface area (Å²) in [7, 11) is 0. The molecule has 0 amide bonds. The second kappa shape index (κ2) is 4.94. The molecule has 6 nitrogen and oxygen atoms in total. The Labute approximate surface area is 129 Å². The van der Waals surface area contributed by atoms with Crippen molar-refractivity contribution in [1.29, 1.82) is 0 Å². The maximum atomic E-state index is 6.24. The lowest BCUT2D eigenvalue weighted by molar-refractivity contribution is 0.193. The molecule has 3 heterocycles. The van der Waals surface area contributed by atoms with Crippen molar-refractivity contribution in [2.24, 2.45) is 0 Å². The predicted octanol–water partition coefficient (Wildman–Crippen LogP) is 2.59. The van der Waals surface area contributed by atoms with E-state index in [4.69, 9.17) is 22.1 Å². The van der Waals surface area contributed by atoms with Gasteiger partial charge in [-0.15, -0.1) is 10.2 Å². The van der Waals surface area contributed by atoms with Crippen LogP contribution in [0, 0.1) is 0 Å². The molecule has 4 rings (SSSR count). The predicted molar refractivity (Wildman–Crippen MR) is 81.7 cm³/mol. The summed E-state index contributed by atoms with van der Waals surface area (Å²) in [5.41, 5.74) is 7.31. The summed E-state index contributed by atoms with van der Waals surface area (Å²) < 4.78 is 7.20. The lowest BCUT2D eigenvalue weighted by Crippen LogP contribution is -2.04. The van der Waals surface area contributed by atoms with Crippen molar-refractivity contribution >= 4 is 33.6 Å². The molecular weight excluding hydrogens is 310 g/mol. The van der Waals surface area contributed by atoms with E-state index in [0.717, 1.165) is 34.4 Å². The number of halogens is 1. The van der Waals surface area contributed by atoms with E-state index in [1.54, 1.807) is 16.6 Å². The Morgan fingerprint density at radius 2 is 2.29 bits per heavy atom. The molecule has 0 aliphatic carbocycles. The van der Waals surface area contributed by atoms with Gasteiger partial charge in [-0.2, -0.15) is 9.61 Å². The molecule has 1 fully saturated rings. The lowest BCUT2D eigenvalue weighted by atomic mass is 10.1. The first-order chi connectivity index (χ1) is 10.2. The van der Waals surface area contributed by atoms with E-state index < -0.39 is 0 Å². The van der Waals surface area contributed by atoms with Crippen LogP contribution in [0.2, 0.25) is 5.02 Å².